The van der Waals surface area contributed by atoms with Crippen molar-refractivity contribution in [3.63, 3.8) is 0 Å². The molecule has 9 heteroatoms. The van der Waals surface area contributed by atoms with Crippen molar-refractivity contribution in [1.29, 1.82) is 0 Å². The van der Waals surface area contributed by atoms with Gasteiger partial charge in [-0.15, -0.1) is 0 Å². The van der Waals surface area contributed by atoms with E-state index < -0.39 is 10.0 Å². The Kier molecular flexibility index (Phi) is 5.56. The maximum absolute atomic E-state index is 13.8. The first-order valence-corrected chi connectivity index (χ1v) is 12.4. The molecule has 0 amide bonds. The molecule has 0 radical (unpaired) electrons. The van der Waals surface area contributed by atoms with Gasteiger partial charge >= 0.3 is 0 Å². The third kappa shape index (κ3) is 3.74. The summed E-state index contributed by atoms with van der Waals surface area (Å²) in [5.74, 6) is 0.864. The molecule has 0 aliphatic heterocycles. The minimum atomic E-state index is -3.92. The van der Waals surface area contributed by atoms with Crippen LogP contribution in [-0.2, 0) is 22.8 Å². The van der Waals surface area contributed by atoms with E-state index in [4.69, 9.17) is 9.47 Å². The van der Waals surface area contributed by atoms with E-state index in [1.54, 1.807) is 50.6 Å². The first-order chi connectivity index (χ1) is 16.9. The van der Waals surface area contributed by atoms with Gasteiger partial charge in [-0.05, 0) is 23.8 Å². The number of carbonyl (C=O) groups is 1. The lowest BCUT2D eigenvalue weighted by atomic mass is 10.1. The first kappa shape index (κ1) is 22.7. The van der Waals surface area contributed by atoms with Crippen LogP contribution in [0.25, 0.3) is 33.2 Å². The number of ether oxygens (including phenoxy) is 2. The van der Waals surface area contributed by atoms with Gasteiger partial charge in [0.15, 0.2) is 23.4 Å². The normalized spacial score (nSPS) is 11.7. The zero-order valence-corrected chi connectivity index (χ0v) is 20.2. The van der Waals surface area contributed by atoms with Crippen LogP contribution >= 0.6 is 0 Å². The molecule has 178 valence electrons. The quantitative estimate of drug-likeness (QED) is 0.315. The van der Waals surface area contributed by atoms with Crippen LogP contribution in [0.15, 0.2) is 67.0 Å². The van der Waals surface area contributed by atoms with E-state index in [0.29, 0.717) is 45.6 Å². The highest BCUT2D eigenvalue weighted by Crippen LogP contribution is 2.40. The summed E-state index contributed by atoms with van der Waals surface area (Å²) in [7, 11) is 1.07. The average molecular weight is 490 g/mol. The zero-order chi connectivity index (χ0) is 24.7. The predicted octanol–water partition coefficient (Wildman–Crippen LogP) is 4.40. The highest BCUT2D eigenvalue weighted by molar-refractivity contribution is 7.89. The van der Waals surface area contributed by atoms with Gasteiger partial charge in [-0.25, -0.2) is 17.4 Å². The number of benzene rings is 2. The van der Waals surface area contributed by atoms with Crippen molar-refractivity contribution >= 4 is 38.2 Å². The molecule has 2 aromatic carbocycles. The lowest BCUT2D eigenvalue weighted by molar-refractivity contribution is 0.112. The number of hydrogen-bond acceptors (Lipinski definition) is 6. The molecule has 0 atom stereocenters. The molecule has 0 aliphatic rings. The van der Waals surface area contributed by atoms with Gasteiger partial charge in [-0.3, -0.25) is 4.79 Å². The Morgan fingerprint density at radius 3 is 2.37 bits per heavy atom. The van der Waals surface area contributed by atoms with Crippen LogP contribution < -0.4 is 9.47 Å². The number of carbonyl (C=O) groups excluding carboxylic acids is 1. The molecular formula is C26H23N3O5S. The molecule has 0 saturated heterocycles. The molecule has 3 heterocycles. The van der Waals surface area contributed by atoms with Crippen molar-refractivity contribution < 1.29 is 22.7 Å². The topological polar surface area (TPSA) is 92.4 Å². The first-order valence-electron chi connectivity index (χ1n) is 10.8. The van der Waals surface area contributed by atoms with Gasteiger partial charge in [0.2, 0.25) is 10.0 Å². The van der Waals surface area contributed by atoms with Crippen LogP contribution in [0.1, 0.15) is 15.9 Å². The van der Waals surface area contributed by atoms with Gasteiger partial charge in [0.1, 0.15) is 0 Å². The molecule has 3 aromatic heterocycles. The third-order valence-electron chi connectivity index (χ3n) is 6.06. The number of pyridine rings is 1. The summed E-state index contributed by atoms with van der Waals surface area (Å²) in [4.78, 5) is 16.1. The van der Waals surface area contributed by atoms with E-state index in [0.717, 1.165) is 10.9 Å². The van der Waals surface area contributed by atoms with Gasteiger partial charge in [0.05, 0.1) is 31.2 Å². The highest BCUT2D eigenvalue weighted by Gasteiger charge is 2.26. The van der Waals surface area contributed by atoms with Gasteiger partial charge in [0.25, 0.3) is 0 Å². The van der Waals surface area contributed by atoms with Crippen molar-refractivity contribution in [2.75, 3.05) is 14.2 Å². The molecular weight excluding hydrogens is 466 g/mol. The Morgan fingerprint density at radius 2 is 1.69 bits per heavy atom. The van der Waals surface area contributed by atoms with Crippen LogP contribution in [0.2, 0.25) is 0 Å². The van der Waals surface area contributed by atoms with Crippen LogP contribution in [0.3, 0.4) is 0 Å². The summed E-state index contributed by atoms with van der Waals surface area (Å²) in [5, 5.41) is 1.24. The van der Waals surface area contributed by atoms with E-state index in [1.165, 1.54) is 10.2 Å². The lowest BCUT2D eigenvalue weighted by Gasteiger charge is -2.12. The SMILES string of the molecule is COc1cc2c(-c3cc4c(C=O)ccnc4n3S(=O)(=O)Cc3ccccc3)cn(C)c2cc1OC. The van der Waals surface area contributed by atoms with Crippen LogP contribution in [-0.4, -0.2) is 42.4 Å². The number of hydrogen-bond donors (Lipinski definition) is 0. The summed E-state index contributed by atoms with van der Waals surface area (Å²) in [6.07, 6.45) is 4.01. The van der Waals surface area contributed by atoms with Crippen molar-refractivity contribution in [3.8, 4) is 22.8 Å². The monoisotopic (exact) mass is 489 g/mol. The number of nitrogens with zero attached hydrogens (tertiary/aromatic N) is 3. The minimum Gasteiger partial charge on any atom is -0.493 e. The number of methoxy groups -OCH3 is 2. The van der Waals surface area contributed by atoms with E-state index >= 15 is 0 Å². The second-order valence-electron chi connectivity index (χ2n) is 8.17. The molecule has 5 aromatic rings. The van der Waals surface area contributed by atoms with Crippen molar-refractivity contribution in [2.24, 2.45) is 7.05 Å². The Balaban J connectivity index is 1.84. The smallest absolute Gasteiger partial charge is 0.244 e. The maximum atomic E-state index is 13.8. The molecule has 0 aliphatic carbocycles. The molecule has 0 saturated carbocycles. The standard InChI is InChI=1S/C26H23N3O5S/c1-28-14-21(20-12-24(33-2)25(34-3)13-22(20)28)23-11-19-18(15-30)9-10-27-26(19)29(23)35(31,32)16-17-7-5-4-6-8-17/h4-15H,16H2,1-3H3. The molecule has 0 unspecified atom stereocenters. The summed E-state index contributed by atoms with van der Waals surface area (Å²) in [5.41, 5.74) is 3.13. The second-order valence-corrected chi connectivity index (χ2v) is 9.99. The van der Waals surface area contributed by atoms with Crippen LogP contribution in [0, 0.1) is 0 Å². The molecule has 0 fully saturated rings. The van der Waals surface area contributed by atoms with Gasteiger partial charge in [0, 0.05) is 47.4 Å². The van der Waals surface area contributed by atoms with Crippen molar-refractivity contribution in [2.45, 2.75) is 5.75 Å². The molecule has 0 N–H and O–H groups in total. The fraction of sp³-hybridized carbons (Fsp3) is 0.154. The number of aromatic nitrogens is 3. The van der Waals surface area contributed by atoms with E-state index in [2.05, 4.69) is 4.98 Å². The van der Waals surface area contributed by atoms with E-state index in [-0.39, 0.29) is 11.4 Å². The Bertz CT molecular complexity index is 1690. The largest absolute Gasteiger partial charge is 0.493 e. The fourth-order valence-corrected chi connectivity index (χ4v) is 6.03. The number of aldehydes is 1. The fourth-order valence-electron chi connectivity index (χ4n) is 4.43. The predicted molar refractivity (Wildman–Crippen MR) is 135 cm³/mol. The van der Waals surface area contributed by atoms with Crippen molar-refractivity contribution in [3.05, 3.63) is 78.1 Å². The molecule has 5 rings (SSSR count). The Hall–Kier alpha value is -4.11. The van der Waals surface area contributed by atoms with E-state index in [9.17, 15) is 13.2 Å². The van der Waals surface area contributed by atoms with E-state index in [1.807, 2.05) is 36.0 Å². The minimum absolute atomic E-state index is 0.206. The summed E-state index contributed by atoms with van der Waals surface area (Å²) < 4.78 is 41.7. The summed E-state index contributed by atoms with van der Waals surface area (Å²) >= 11 is 0. The summed E-state index contributed by atoms with van der Waals surface area (Å²) in [6, 6.07) is 15.9. The van der Waals surface area contributed by atoms with Crippen molar-refractivity contribution in [1.82, 2.24) is 13.5 Å². The zero-order valence-electron chi connectivity index (χ0n) is 19.4. The molecule has 0 spiro atoms. The number of fused-ring (bicyclic) bond motifs is 2. The lowest BCUT2D eigenvalue weighted by Crippen LogP contribution is -2.16. The summed E-state index contributed by atoms with van der Waals surface area (Å²) in [6.45, 7) is 0. The maximum Gasteiger partial charge on any atom is 0.244 e. The number of rotatable bonds is 7. The highest BCUT2D eigenvalue weighted by atomic mass is 32.2. The number of aryl methyl sites for hydroxylation is 1. The van der Waals surface area contributed by atoms with Gasteiger partial charge in [-0.2, -0.15) is 0 Å². The molecule has 0 bridgehead atoms. The molecule has 8 nitrogen and oxygen atoms in total. The average Bonchev–Trinajstić information content (AvgIpc) is 3.41. The molecule has 35 heavy (non-hydrogen) atoms. The Labute approximate surface area is 202 Å². The van der Waals surface area contributed by atoms with Crippen LogP contribution in [0.4, 0.5) is 0 Å². The third-order valence-corrected chi connectivity index (χ3v) is 7.69. The van der Waals surface area contributed by atoms with Crippen LogP contribution in [0.5, 0.6) is 11.5 Å². The second kappa shape index (κ2) is 8.59. The van der Waals surface area contributed by atoms with Gasteiger partial charge < -0.3 is 14.0 Å². The Morgan fingerprint density at radius 1 is 0.971 bits per heavy atom. The van der Waals surface area contributed by atoms with Gasteiger partial charge in [-0.1, -0.05) is 30.3 Å².